The number of rotatable bonds is 5. The van der Waals surface area contributed by atoms with E-state index in [4.69, 9.17) is 0 Å². The first kappa shape index (κ1) is 14.6. The van der Waals surface area contributed by atoms with Gasteiger partial charge in [0, 0.05) is 12.0 Å². The molecular weight excluding hydrogens is 298 g/mol. The number of hydrogen-bond acceptors (Lipinski definition) is 5. The first-order valence-corrected chi connectivity index (χ1v) is 8.08. The van der Waals surface area contributed by atoms with Crippen LogP contribution in [-0.4, -0.2) is 25.7 Å². The molecule has 7 heteroatoms. The summed E-state index contributed by atoms with van der Waals surface area (Å²) in [6.07, 6.45) is 2.43. The number of aryl methyl sites for hydroxylation is 1. The van der Waals surface area contributed by atoms with Crippen LogP contribution in [0, 0.1) is 6.92 Å². The second-order valence-corrected chi connectivity index (χ2v) is 6.00. The minimum Gasteiger partial charge on any atom is -0.325 e. The highest BCUT2D eigenvalue weighted by Crippen LogP contribution is 2.31. The molecule has 114 valence electrons. The fourth-order valence-electron chi connectivity index (χ4n) is 2.15. The van der Waals surface area contributed by atoms with Gasteiger partial charge in [0.05, 0.1) is 5.69 Å². The SMILES string of the molecule is CCCCC(=O)Nc1ccccc1-c1nn2c(C)nnc2s1. The maximum Gasteiger partial charge on any atom is 0.234 e. The van der Waals surface area contributed by atoms with Crippen molar-refractivity contribution in [2.45, 2.75) is 33.1 Å². The number of nitrogens with zero attached hydrogens (tertiary/aromatic N) is 4. The molecule has 3 aromatic rings. The van der Waals surface area contributed by atoms with Crippen LogP contribution >= 0.6 is 11.3 Å². The number of benzene rings is 1. The van der Waals surface area contributed by atoms with Gasteiger partial charge in [-0.1, -0.05) is 36.8 Å². The minimum absolute atomic E-state index is 0.0356. The van der Waals surface area contributed by atoms with Crippen LogP contribution in [0.3, 0.4) is 0 Å². The summed E-state index contributed by atoms with van der Waals surface area (Å²) in [5.41, 5.74) is 1.69. The van der Waals surface area contributed by atoms with E-state index in [9.17, 15) is 4.79 Å². The van der Waals surface area contributed by atoms with Gasteiger partial charge in [-0.25, -0.2) is 0 Å². The Bertz CT molecular complexity index is 807. The Kier molecular flexibility index (Phi) is 4.15. The van der Waals surface area contributed by atoms with Crippen molar-refractivity contribution in [2.75, 3.05) is 5.32 Å². The Morgan fingerprint density at radius 3 is 2.91 bits per heavy atom. The largest absolute Gasteiger partial charge is 0.325 e. The summed E-state index contributed by atoms with van der Waals surface area (Å²) >= 11 is 1.46. The highest BCUT2D eigenvalue weighted by molar-refractivity contribution is 7.19. The van der Waals surface area contributed by atoms with E-state index in [1.54, 1.807) is 4.52 Å². The lowest BCUT2D eigenvalue weighted by molar-refractivity contribution is -0.116. The Balaban J connectivity index is 1.91. The lowest BCUT2D eigenvalue weighted by Crippen LogP contribution is -2.11. The van der Waals surface area contributed by atoms with Gasteiger partial charge in [0.25, 0.3) is 0 Å². The zero-order valence-corrected chi connectivity index (χ0v) is 13.4. The molecule has 0 saturated heterocycles. The second kappa shape index (κ2) is 6.23. The summed E-state index contributed by atoms with van der Waals surface area (Å²) in [6.45, 7) is 3.94. The topological polar surface area (TPSA) is 72.2 Å². The lowest BCUT2D eigenvalue weighted by Gasteiger charge is -2.08. The molecule has 0 atom stereocenters. The van der Waals surface area contributed by atoms with Crippen LogP contribution in [0.15, 0.2) is 24.3 Å². The van der Waals surface area contributed by atoms with E-state index < -0.39 is 0 Å². The average Bonchev–Trinajstić information content (AvgIpc) is 3.08. The van der Waals surface area contributed by atoms with Crippen LogP contribution in [-0.2, 0) is 4.79 Å². The molecule has 0 aliphatic carbocycles. The summed E-state index contributed by atoms with van der Waals surface area (Å²) < 4.78 is 1.72. The van der Waals surface area contributed by atoms with Crippen molar-refractivity contribution in [2.24, 2.45) is 0 Å². The number of unbranched alkanes of at least 4 members (excludes halogenated alkanes) is 1. The van der Waals surface area contributed by atoms with E-state index in [0.717, 1.165) is 39.9 Å². The van der Waals surface area contributed by atoms with Crippen LogP contribution < -0.4 is 5.32 Å². The number of nitrogens with one attached hydrogen (secondary N) is 1. The Morgan fingerprint density at radius 2 is 2.14 bits per heavy atom. The van der Waals surface area contributed by atoms with Gasteiger partial charge in [-0.05, 0) is 25.5 Å². The van der Waals surface area contributed by atoms with Gasteiger partial charge < -0.3 is 5.32 Å². The molecule has 0 aliphatic heterocycles. The monoisotopic (exact) mass is 315 g/mol. The van der Waals surface area contributed by atoms with Crippen molar-refractivity contribution >= 4 is 27.9 Å². The molecular formula is C15H17N5OS. The molecule has 1 aromatic carbocycles. The molecule has 0 radical (unpaired) electrons. The number of carbonyl (C=O) groups excluding carboxylic acids is 1. The van der Waals surface area contributed by atoms with Crippen molar-refractivity contribution in [3.8, 4) is 10.6 Å². The van der Waals surface area contributed by atoms with Crippen LogP contribution in [0.5, 0.6) is 0 Å². The number of para-hydroxylation sites is 1. The Morgan fingerprint density at radius 1 is 1.32 bits per heavy atom. The summed E-state index contributed by atoms with van der Waals surface area (Å²) in [4.78, 5) is 12.7. The third-order valence-electron chi connectivity index (χ3n) is 3.34. The highest BCUT2D eigenvalue weighted by atomic mass is 32.1. The van der Waals surface area contributed by atoms with Gasteiger partial charge in [0.1, 0.15) is 5.01 Å². The maximum absolute atomic E-state index is 12.0. The number of aromatic nitrogens is 4. The van der Waals surface area contributed by atoms with E-state index in [2.05, 4.69) is 27.5 Å². The molecule has 0 unspecified atom stereocenters. The number of amides is 1. The molecule has 0 bridgehead atoms. The van der Waals surface area contributed by atoms with Crippen molar-refractivity contribution in [1.29, 1.82) is 0 Å². The van der Waals surface area contributed by atoms with Gasteiger partial charge in [0.2, 0.25) is 10.9 Å². The molecule has 0 aliphatic rings. The minimum atomic E-state index is 0.0356. The molecule has 2 heterocycles. The van der Waals surface area contributed by atoms with Crippen LogP contribution in [0.25, 0.3) is 15.5 Å². The number of hydrogen-bond donors (Lipinski definition) is 1. The molecule has 0 fully saturated rings. The maximum atomic E-state index is 12.0. The van der Waals surface area contributed by atoms with E-state index in [1.807, 2.05) is 31.2 Å². The van der Waals surface area contributed by atoms with Crippen molar-refractivity contribution < 1.29 is 4.79 Å². The van der Waals surface area contributed by atoms with Crippen molar-refractivity contribution in [1.82, 2.24) is 19.8 Å². The predicted octanol–water partition coefficient (Wildman–Crippen LogP) is 3.29. The molecule has 3 rings (SSSR count). The first-order valence-electron chi connectivity index (χ1n) is 7.27. The smallest absolute Gasteiger partial charge is 0.234 e. The fourth-order valence-corrected chi connectivity index (χ4v) is 3.08. The highest BCUT2D eigenvalue weighted by Gasteiger charge is 2.14. The number of anilines is 1. The standard InChI is InChI=1S/C15H17N5OS/c1-3-4-9-13(21)16-12-8-6-5-7-11(12)14-19-20-10(2)17-18-15(20)22-14/h5-8H,3-4,9H2,1-2H3,(H,16,21). The van der Waals surface area contributed by atoms with Crippen molar-refractivity contribution in [3.05, 3.63) is 30.1 Å². The predicted molar refractivity (Wildman–Crippen MR) is 87.0 cm³/mol. The van der Waals surface area contributed by atoms with Crippen LogP contribution in [0.1, 0.15) is 32.0 Å². The van der Waals surface area contributed by atoms with Crippen molar-refractivity contribution in [3.63, 3.8) is 0 Å². The van der Waals surface area contributed by atoms with Gasteiger partial charge in [-0.15, -0.1) is 10.2 Å². The van der Waals surface area contributed by atoms with E-state index >= 15 is 0 Å². The van der Waals surface area contributed by atoms with Gasteiger partial charge >= 0.3 is 0 Å². The Labute approximate surface area is 132 Å². The van der Waals surface area contributed by atoms with Gasteiger partial charge in [-0.2, -0.15) is 9.61 Å². The van der Waals surface area contributed by atoms with E-state index in [-0.39, 0.29) is 5.91 Å². The quantitative estimate of drug-likeness (QED) is 0.784. The van der Waals surface area contributed by atoms with E-state index in [1.165, 1.54) is 11.3 Å². The second-order valence-electron chi connectivity index (χ2n) is 5.05. The summed E-state index contributed by atoms with van der Waals surface area (Å²) in [5.74, 6) is 0.787. The summed E-state index contributed by atoms with van der Waals surface area (Å²) in [7, 11) is 0. The lowest BCUT2D eigenvalue weighted by atomic mass is 10.1. The third-order valence-corrected chi connectivity index (χ3v) is 4.27. The van der Waals surface area contributed by atoms with Crippen LogP contribution in [0.4, 0.5) is 5.69 Å². The van der Waals surface area contributed by atoms with Gasteiger partial charge in [-0.3, -0.25) is 4.79 Å². The fraction of sp³-hybridized carbons (Fsp3) is 0.333. The zero-order chi connectivity index (χ0) is 15.5. The summed E-state index contributed by atoms with van der Waals surface area (Å²) in [5, 5.41) is 16.4. The number of fused-ring (bicyclic) bond motifs is 1. The molecule has 1 N–H and O–H groups in total. The number of carbonyl (C=O) groups is 1. The van der Waals surface area contributed by atoms with E-state index in [0.29, 0.717) is 6.42 Å². The average molecular weight is 315 g/mol. The summed E-state index contributed by atoms with van der Waals surface area (Å²) in [6, 6.07) is 7.70. The molecule has 0 saturated carbocycles. The molecule has 2 aromatic heterocycles. The van der Waals surface area contributed by atoms with Crippen LogP contribution in [0.2, 0.25) is 0 Å². The molecule has 1 amide bonds. The molecule has 22 heavy (non-hydrogen) atoms. The first-order chi connectivity index (χ1) is 10.7. The molecule has 0 spiro atoms. The van der Waals surface area contributed by atoms with Gasteiger partial charge in [0.15, 0.2) is 5.82 Å². The Hall–Kier alpha value is -2.28. The third kappa shape index (κ3) is 2.85. The molecule has 6 nitrogen and oxygen atoms in total. The zero-order valence-electron chi connectivity index (χ0n) is 12.5. The normalized spacial score (nSPS) is 11.0.